The predicted octanol–water partition coefficient (Wildman–Crippen LogP) is 3.12. The molecule has 1 nitrogen and oxygen atoms in total. The lowest BCUT2D eigenvalue weighted by Gasteiger charge is -2.05. The molecule has 13 heavy (non-hydrogen) atoms. The standard InChI is InChI=1S/C12H22O/c1-3-5-6-7-8-9-11-12(13)10-4-2/h2,12-13H,3,5-11H2,1H3/t12-/m0/s1. The van der Waals surface area contributed by atoms with E-state index >= 15 is 0 Å². The quantitative estimate of drug-likeness (QED) is 0.451. The van der Waals surface area contributed by atoms with Crippen molar-refractivity contribution in [2.75, 3.05) is 0 Å². The van der Waals surface area contributed by atoms with Crippen LogP contribution in [-0.2, 0) is 0 Å². The zero-order chi connectivity index (χ0) is 9.94. The molecule has 0 rings (SSSR count). The zero-order valence-electron chi connectivity index (χ0n) is 8.76. The maximum Gasteiger partial charge on any atom is 0.0649 e. The van der Waals surface area contributed by atoms with Crippen molar-refractivity contribution >= 4 is 0 Å². The Hall–Kier alpha value is -0.480. The van der Waals surface area contributed by atoms with Crippen molar-refractivity contribution in [3.05, 3.63) is 0 Å². The van der Waals surface area contributed by atoms with Crippen LogP contribution in [-0.4, -0.2) is 11.2 Å². The highest BCUT2D eigenvalue weighted by atomic mass is 16.3. The van der Waals surface area contributed by atoms with Gasteiger partial charge in [0.15, 0.2) is 0 Å². The van der Waals surface area contributed by atoms with E-state index in [1.54, 1.807) is 0 Å². The van der Waals surface area contributed by atoms with E-state index in [-0.39, 0.29) is 6.10 Å². The molecule has 0 radical (unpaired) electrons. The number of hydrogen-bond acceptors (Lipinski definition) is 1. The van der Waals surface area contributed by atoms with Gasteiger partial charge in [-0.1, -0.05) is 45.4 Å². The van der Waals surface area contributed by atoms with Gasteiger partial charge in [-0.15, -0.1) is 12.3 Å². The summed E-state index contributed by atoms with van der Waals surface area (Å²) in [4.78, 5) is 0. The van der Waals surface area contributed by atoms with E-state index in [2.05, 4.69) is 12.8 Å². The van der Waals surface area contributed by atoms with Crippen molar-refractivity contribution in [1.29, 1.82) is 0 Å². The molecule has 0 saturated carbocycles. The van der Waals surface area contributed by atoms with Crippen LogP contribution in [0.1, 0.15) is 58.3 Å². The van der Waals surface area contributed by atoms with Crippen LogP contribution < -0.4 is 0 Å². The predicted molar refractivity (Wildman–Crippen MR) is 57.4 cm³/mol. The van der Waals surface area contributed by atoms with Gasteiger partial charge in [0.05, 0.1) is 6.10 Å². The Labute approximate surface area is 82.5 Å². The second-order valence-electron chi connectivity index (χ2n) is 3.62. The molecule has 0 aliphatic rings. The van der Waals surface area contributed by atoms with Crippen LogP contribution in [0.25, 0.3) is 0 Å². The van der Waals surface area contributed by atoms with Gasteiger partial charge in [-0.2, -0.15) is 0 Å². The minimum atomic E-state index is -0.267. The van der Waals surface area contributed by atoms with Crippen LogP contribution in [0, 0.1) is 12.3 Å². The van der Waals surface area contributed by atoms with Gasteiger partial charge >= 0.3 is 0 Å². The van der Waals surface area contributed by atoms with Gasteiger partial charge in [0.2, 0.25) is 0 Å². The first-order valence-electron chi connectivity index (χ1n) is 5.42. The Bertz CT molecular complexity index is 135. The maximum atomic E-state index is 9.31. The third-order valence-electron chi connectivity index (χ3n) is 2.24. The normalized spacial score (nSPS) is 12.4. The van der Waals surface area contributed by atoms with Crippen molar-refractivity contribution in [1.82, 2.24) is 0 Å². The lowest BCUT2D eigenvalue weighted by Crippen LogP contribution is -2.04. The van der Waals surface area contributed by atoms with E-state index in [9.17, 15) is 5.11 Å². The number of unbranched alkanes of at least 4 members (excludes halogenated alkanes) is 5. The lowest BCUT2D eigenvalue weighted by atomic mass is 10.1. The van der Waals surface area contributed by atoms with Gasteiger partial charge in [-0.3, -0.25) is 0 Å². The fraction of sp³-hybridized carbons (Fsp3) is 0.833. The minimum Gasteiger partial charge on any atom is -0.392 e. The first-order valence-corrected chi connectivity index (χ1v) is 5.42. The summed E-state index contributed by atoms with van der Waals surface area (Å²) in [7, 11) is 0. The molecule has 76 valence electrons. The molecule has 0 unspecified atom stereocenters. The topological polar surface area (TPSA) is 20.2 Å². The summed E-state index contributed by atoms with van der Waals surface area (Å²) in [5.74, 6) is 2.48. The average Bonchev–Trinajstić information content (AvgIpc) is 2.11. The molecule has 0 saturated heterocycles. The van der Waals surface area contributed by atoms with Crippen LogP contribution >= 0.6 is 0 Å². The smallest absolute Gasteiger partial charge is 0.0649 e. The van der Waals surface area contributed by atoms with E-state index in [1.807, 2.05) is 0 Å². The largest absolute Gasteiger partial charge is 0.392 e. The fourth-order valence-electron chi connectivity index (χ4n) is 1.40. The van der Waals surface area contributed by atoms with Crippen molar-refractivity contribution in [3.63, 3.8) is 0 Å². The molecule has 1 atom stereocenters. The summed E-state index contributed by atoms with van der Waals surface area (Å²) in [5.41, 5.74) is 0. The van der Waals surface area contributed by atoms with E-state index in [0.29, 0.717) is 6.42 Å². The maximum absolute atomic E-state index is 9.31. The molecule has 0 fully saturated rings. The molecule has 0 heterocycles. The molecule has 0 spiro atoms. The van der Waals surface area contributed by atoms with Gasteiger partial charge in [0, 0.05) is 6.42 Å². The SMILES string of the molecule is C#CC[C@H](O)CCCCCCCC. The van der Waals surface area contributed by atoms with Crippen LogP contribution in [0.4, 0.5) is 0 Å². The molecule has 0 aliphatic carbocycles. The number of rotatable bonds is 8. The number of terminal acetylenes is 1. The van der Waals surface area contributed by atoms with Crippen LogP contribution in [0.3, 0.4) is 0 Å². The van der Waals surface area contributed by atoms with Crippen LogP contribution in [0.2, 0.25) is 0 Å². The van der Waals surface area contributed by atoms with Gasteiger partial charge in [0.25, 0.3) is 0 Å². The number of hydrogen-bond donors (Lipinski definition) is 1. The summed E-state index contributed by atoms with van der Waals surface area (Å²) in [5, 5.41) is 9.31. The molecule has 0 aromatic heterocycles. The lowest BCUT2D eigenvalue weighted by molar-refractivity contribution is 0.166. The summed E-state index contributed by atoms with van der Waals surface area (Å²) in [6, 6.07) is 0. The highest BCUT2D eigenvalue weighted by molar-refractivity contribution is 4.86. The van der Waals surface area contributed by atoms with Gasteiger partial charge in [-0.25, -0.2) is 0 Å². The molecule has 0 aliphatic heterocycles. The van der Waals surface area contributed by atoms with E-state index in [1.165, 1.54) is 32.1 Å². The number of aliphatic hydroxyl groups is 1. The Balaban J connectivity index is 3.03. The van der Waals surface area contributed by atoms with E-state index in [4.69, 9.17) is 6.42 Å². The molecule has 0 amide bonds. The second kappa shape index (κ2) is 9.61. The Morgan fingerprint density at radius 3 is 2.38 bits per heavy atom. The summed E-state index contributed by atoms with van der Waals surface area (Å²) < 4.78 is 0. The molecule has 0 aromatic carbocycles. The summed E-state index contributed by atoms with van der Waals surface area (Å²) in [6.45, 7) is 2.22. The van der Waals surface area contributed by atoms with Gasteiger partial charge in [0.1, 0.15) is 0 Å². The minimum absolute atomic E-state index is 0.267. The molecule has 0 aromatic rings. The average molecular weight is 182 g/mol. The van der Waals surface area contributed by atoms with Crippen molar-refractivity contribution in [2.45, 2.75) is 64.4 Å². The van der Waals surface area contributed by atoms with E-state index in [0.717, 1.165) is 12.8 Å². The van der Waals surface area contributed by atoms with Crippen molar-refractivity contribution < 1.29 is 5.11 Å². The van der Waals surface area contributed by atoms with E-state index < -0.39 is 0 Å². The summed E-state index contributed by atoms with van der Waals surface area (Å²) in [6.07, 6.45) is 13.8. The van der Waals surface area contributed by atoms with Crippen LogP contribution in [0.5, 0.6) is 0 Å². The Kier molecular flexibility index (Phi) is 9.25. The zero-order valence-corrected chi connectivity index (χ0v) is 8.76. The van der Waals surface area contributed by atoms with Crippen molar-refractivity contribution in [2.24, 2.45) is 0 Å². The fourth-order valence-corrected chi connectivity index (χ4v) is 1.40. The third kappa shape index (κ3) is 9.43. The number of aliphatic hydroxyl groups excluding tert-OH is 1. The molecule has 0 bridgehead atoms. The van der Waals surface area contributed by atoms with Gasteiger partial charge in [-0.05, 0) is 6.42 Å². The first kappa shape index (κ1) is 12.5. The molecular formula is C12H22O. The third-order valence-corrected chi connectivity index (χ3v) is 2.24. The highest BCUT2D eigenvalue weighted by Gasteiger charge is 2.00. The second-order valence-corrected chi connectivity index (χ2v) is 3.62. The van der Waals surface area contributed by atoms with Gasteiger partial charge < -0.3 is 5.11 Å². The van der Waals surface area contributed by atoms with Crippen LogP contribution in [0.15, 0.2) is 0 Å². The summed E-state index contributed by atoms with van der Waals surface area (Å²) >= 11 is 0. The highest BCUT2D eigenvalue weighted by Crippen LogP contribution is 2.09. The monoisotopic (exact) mass is 182 g/mol. The first-order chi connectivity index (χ1) is 6.31. The molecule has 1 heteroatoms. The Morgan fingerprint density at radius 1 is 1.15 bits per heavy atom. The molecular weight excluding hydrogens is 160 g/mol. The molecule has 1 N–H and O–H groups in total. The van der Waals surface area contributed by atoms with Crippen molar-refractivity contribution in [3.8, 4) is 12.3 Å². The Morgan fingerprint density at radius 2 is 1.77 bits per heavy atom.